The van der Waals surface area contributed by atoms with E-state index in [2.05, 4.69) is 0 Å². The zero-order valence-corrected chi connectivity index (χ0v) is 10.8. The molecular weight excluding hydrogens is 239 g/mol. The Hall–Kier alpha value is 1.17. The molecule has 12 heavy (non-hydrogen) atoms. The van der Waals surface area contributed by atoms with Gasteiger partial charge in [-0.3, -0.25) is 0 Å². The Labute approximate surface area is 102 Å². The van der Waals surface area contributed by atoms with E-state index in [9.17, 15) is 0 Å². The maximum atomic E-state index is 8.93. The maximum absolute atomic E-state index is 8.93. The van der Waals surface area contributed by atoms with E-state index in [-0.39, 0.29) is 66.4 Å². The molecule has 0 aromatic rings. The Morgan fingerprint density at radius 1 is 0.917 bits per heavy atom. The van der Waals surface area contributed by atoms with Crippen molar-refractivity contribution >= 4 is 0 Å². The summed E-state index contributed by atoms with van der Waals surface area (Å²) in [5.41, 5.74) is 0. The van der Waals surface area contributed by atoms with Crippen molar-refractivity contribution in [3.63, 3.8) is 0 Å². The van der Waals surface area contributed by atoms with Gasteiger partial charge in [0.05, 0.1) is 0 Å². The fourth-order valence-corrected chi connectivity index (χ4v) is 0. The number of halogens is 2. The summed E-state index contributed by atoms with van der Waals surface area (Å²) >= 11 is 0. The topological polar surface area (TPSA) is 63.5 Å². The minimum atomic E-state index is 0. The van der Waals surface area contributed by atoms with Gasteiger partial charge in [-0.05, 0) is 13.8 Å². The molecule has 0 aliphatic heterocycles. The summed E-state index contributed by atoms with van der Waals surface area (Å²) in [5.74, 6) is 0. The van der Waals surface area contributed by atoms with Gasteiger partial charge >= 0.3 is 21.7 Å². The first-order chi connectivity index (χ1) is 4.24. The molecule has 0 spiro atoms. The summed E-state index contributed by atoms with van der Waals surface area (Å²) in [6.45, 7) is 5.43. The van der Waals surface area contributed by atoms with Crippen LogP contribution in [-0.2, 0) is 21.7 Å². The predicted molar refractivity (Wildman–Crippen MR) is 36.1 cm³/mol. The quantitative estimate of drug-likeness (QED) is 0.423. The van der Waals surface area contributed by atoms with Crippen LogP contribution in [0.1, 0.15) is 20.8 Å². The average Bonchev–Trinajstić information content (AvgIpc) is 1.70. The fourth-order valence-electron chi connectivity index (χ4n) is 0. The molecule has 6 heteroatoms. The number of rotatable bonds is 0. The Kier molecular flexibility index (Phi) is 276. The first kappa shape index (κ1) is 37.9. The summed E-state index contributed by atoms with van der Waals surface area (Å²) in [4.78, 5) is 0. The SMILES string of the molecule is CCO.CCO.CC[O-].[Cl-].[Cl-].[Ti+3]. The van der Waals surface area contributed by atoms with Crippen molar-refractivity contribution in [1.29, 1.82) is 0 Å². The first-order valence-corrected chi connectivity index (χ1v) is 3.04. The molecule has 1 radical (unpaired) electrons. The van der Waals surface area contributed by atoms with Crippen molar-refractivity contribution in [1.82, 2.24) is 0 Å². The molecule has 0 rings (SSSR count). The zero-order chi connectivity index (χ0) is 8.12. The molecule has 3 nitrogen and oxygen atoms in total. The van der Waals surface area contributed by atoms with E-state index in [1.165, 1.54) is 0 Å². The van der Waals surface area contributed by atoms with Crippen molar-refractivity contribution in [2.45, 2.75) is 20.8 Å². The molecule has 0 saturated heterocycles. The molecule has 2 N–H and O–H groups in total. The number of hydrogen-bond donors (Lipinski definition) is 2. The van der Waals surface area contributed by atoms with Crippen LogP contribution in [0.5, 0.6) is 0 Å². The van der Waals surface area contributed by atoms with E-state index in [0.29, 0.717) is 0 Å². The van der Waals surface area contributed by atoms with E-state index in [0.717, 1.165) is 0 Å². The van der Waals surface area contributed by atoms with Crippen molar-refractivity contribution in [3.05, 3.63) is 0 Å². The second-order valence-electron chi connectivity index (χ2n) is 0.921. The van der Waals surface area contributed by atoms with Gasteiger partial charge in [0.25, 0.3) is 0 Å². The smallest absolute Gasteiger partial charge is 1.00 e. The summed E-state index contributed by atoms with van der Waals surface area (Å²) in [6.07, 6.45) is 0. The van der Waals surface area contributed by atoms with Crippen LogP contribution in [0.3, 0.4) is 0 Å². The summed E-state index contributed by atoms with van der Waals surface area (Å²) in [7, 11) is 0. The van der Waals surface area contributed by atoms with E-state index in [1.54, 1.807) is 20.8 Å². The molecule has 0 saturated carbocycles. The first-order valence-electron chi connectivity index (χ1n) is 3.04. The molecule has 0 aliphatic rings. The van der Waals surface area contributed by atoms with Crippen molar-refractivity contribution < 1.29 is 61.9 Å². The van der Waals surface area contributed by atoms with Crippen LogP contribution in [0.2, 0.25) is 0 Å². The van der Waals surface area contributed by atoms with Gasteiger partial charge in [0.15, 0.2) is 0 Å². The van der Waals surface area contributed by atoms with Gasteiger partial charge in [-0.15, -0.1) is 6.61 Å². The van der Waals surface area contributed by atoms with Crippen molar-refractivity contribution in [3.8, 4) is 0 Å². The zero-order valence-electron chi connectivity index (χ0n) is 7.68. The van der Waals surface area contributed by atoms with Gasteiger partial charge in [-0.2, -0.15) is 0 Å². The van der Waals surface area contributed by atoms with Crippen LogP contribution >= 0.6 is 0 Å². The third-order valence-corrected chi connectivity index (χ3v) is 0. The minimum Gasteiger partial charge on any atom is -1.00 e. The molecule has 0 aromatic carbocycles. The Morgan fingerprint density at radius 2 is 0.917 bits per heavy atom. The largest absolute Gasteiger partial charge is 3.00 e. The van der Waals surface area contributed by atoms with E-state index in [1.807, 2.05) is 0 Å². The van der Waals surface area contributed by atoms with Crippen molar-refractivity contribution in [2.75, 3.05) is 19.8 Å². The summed E-state index contributed by atoms with van der Waals surface area (Å²) < 4.78 is 0. The van der Waals surface area contributed by atoms with Crippen LogP contribution in [0.25, 0.3) is 0 Å². The van der Waals surface area contributed by atoms with E-state index < -0.39 is 0 Å². The third kappa shape index (κ3) is 839. The molecule has 0 atom stereocenters. The van der Waals surface area contributed by atoms with Gasteiger partial charge < -0.3 is 40.1 Å². The maximum Gasteiger partial charge on any atom is 3.00 e. The second-order valence-corrected chi connectivity index (χ2v) is 0.921. The Bertz CT molecular complexity index is 25.5. The van der Waals surface area contributed by atoms with Crippen LogP contribution in [-0.4, -0.2) is 30.0 Å². The predicted octanol–water partition coefficient (Wildman–Crippen LogP) is -6.63. The molecule has 0 aliphatic carbocycles. The molecule has 0 heterocycles. The molecular formula is C6H17Cl2O3Ti. The van der Waals surface area contributed by atoms with E-state index in [4.69, 9.17) is 15.3 Å². The standard InChI is InChI=1S/2C2H6O.C2H5O.2ClH.Ti/c3*1-2-3;;;/h2*3H,2H2,1H3;2H2,1H3;2*1H;/q;;-1;;;+3/p-2. The molecule has 77 valence electrons. The normalized spacial score (nSPS) is 4.50. The molecule has 0 amide bonds. The summed E-state index contributed by atoms with van der Waals surface area (Å²) in [6, 6.07) is 0. The van der Waals surface area contributed by atoms with Crippen molar-refractivity contribution in [2.24, 2.45) is 0 Å². The van der Waals surface area contributed by atoms with Gasteiger partial charge in [-0.1, -0.05) is 6.92 Å². The second kappa shape index (κ2) is 87.2. The number of aliphatic hydroxyl groups excluding tert-OH is 2. The van der Waals surface area contributed by atoms with Gasteiger partial charge in [-0.25, -0.2) is 0 Å². The van der Waals surface area contributed by atoms with Crippen LogP contribution in [0.15, 0.2) is 0 Å². The van der Waals surface area contributed by atoms with Crippen LogP contribution < -0.4 is 29.9 Å². The number of hydrogen-bond acceptors (Lipinski definition) is 3. The average molecular weight is 256 g/mol. The molecule has 0 unspecified atom stereocenters. The molecule has 0 bridgehead atoms. The molecule has 0 fully saturated rings. The molecule has 0 aromatic heterocycles. The Morgan fingerprint density at radius 3 is 0.917 bits per heavy atom. The van der Waals surface area contributed by atoms with Crippen LogP contribution in [0, 0.1) is 0 Å². The fraction of sp³-hybridized carbons (Fsp3) is 1.00. The van der Waals surface area contributed by atoms with Gasteiger partial charge in [0, 0.05) is 13.2 Å². The Balaban J connectivity index is -0.00000001000. The minimum absolute atomic E-state index is 0. The monoisotopic (exact) mass is 255 g/mol. The van der Waals surface area contributed by atoms with Gasteiger partial charge in [0.2, 0.25) is 0 Å². The van der Waals surface area contributed by atoms with E-state index >= 15 is 0 Å². The van der Waals surface area contributed by atoms with Crippen LogP contribution in [0.4, 0.5) is 0 Å². The van der Waals surface area contributed by atoms with Gasteiger partial charge in [0.1, 0.15) is 0 Å². The third-order valence-electron chi connectivity index (χ3n) is 0. The number of aliphatic hydroxyl groups is 2. The summed E-state index contributed by atoms with van der Waals surface area (Å²) in [5, 5.41) is 24.1.